The van der Waals surface area contributed by atoms with Gasteiger partial charge in [-0.25, -0.2) is 4.98 Å². The van der Waals surface area contributed by atoms with Crippen LogP contribution in [0.25, 0.3) is 21.9 Å². The second kappa shape index (κ2) is 7.90. The summed E-state index contributed by atoms with van der Waals surface area (Å²) in [6.45, 7) is 3.92. The molecule has 0 bridgehead atoms. The third kappa shape index (κ3) is 3.90. The smallest absolute Gasteiger partial charge is 0.175 e. The molecule has 3 aromatic rings. The summed E-state index contributed by atoms with van der Waals surface area (Å²) in [4.78, 5) is 4.56. The van der Waals surface area contributed by atoms with E-state index < -0.39 is 0 Å². The molecule has 3 rings (SSSR count). The zero-order valence-electron chi connectivity index (χ0n) is 14.6. The Morgan fingerprint density at radius 1 is 1.31 bits per heavy atom. The molecule has 2 aromatic carbocycles. The van der Waals surface area contributed by atoms with Gasteiger partial charge in [0.1, 0.15) is 11.1 Å². The fourth-order valence-electron chi connectivity index (χ4n) is 2.47. The van der Waals surface area contributed by atoms with Gasteiger partial charge in [-0.1, -0.05) is 12.1 Å². The molecule has 6 heteroatoms. The maximum Gasteiger partial charge on any atom is 0.175 e. The van der Waals surface area contributed by atoms with Crippen LogP contribution in [-0.4, -0.2) is 18.2 Å². The Kier molecular flexibility index (Phi) is 5.60. The highest BCUT2D eigenvalue weighted by Gasteiger charge is 2.14. The van der Waals surface area contributed by atoms with Crippen molar-refractivity contribution in [3.8, 4) is 17.6 Å². The van der Waals surface area contributed by atoms with Gasteiger partial charge >= 0.3 is 0 Å². The van der Waals surface area contributed by atoms with Gasteiger partial charge < -0.3 is 9.47 Å². The zero-order valence-corrected chi connectivity index (χ0v) is 17.0. The second-order valence-electron chi connectivity index (χ2n) is 5.86. The van der Waals surface area contributed by atoms with Crippen LogP contribution >= 0.6 is 27.3 Å². The van der Waals surface area contributed by atoms with Gasteiger partial charge in [0.05, 0.1) is 33.5 Å². The van der Waals surface area contributed by atoms with Gasteiger partial charge in [-0.3, -0.25) is 0 Å². The molecule has 0 aliphatic rings. The molecular weight excluding hydrogens is 412 g/mol. The fraction of sp³-hybridized carbons (Fsp3) is 0.200. The summed E-state index contributed by atoms with van der Waals surface area (Å²) >= 11 is 5.04. The first kappa shape index (κ1) is 18.4. The minimum atomic E-state index is 0.0269. The number of halogens is 1. The summed E-state index contributed by atoms with van der Waals surface area (Å²) < 4.78 is 13.1. The number of methoxy groups -OCH3 is 1. The van der Waals surface area contributed by atoms with E-state index in [-0.39, 0.29) is 6.10 Å². The maximum atomic E-state index is 9.62. The van der Waals surface area contributed by atoms with E-state index in [0.717, 1.165) is 20.3 Å². The number of ether oxygens (including phenoxy) is 2. The number of hydrogen-bond acceptors (Lipinski definition) is 5. The Bertz CT molecular complexity index is 985. The third-order valence-corrected chi connectivity index (χ3v) is 5.22. The summed E-state index contributed by atoms with van der Waals surface area (Å²) in [5, 5.41) is 10.3. The third-order valence-electron chi connectivity index (χ3n) is 3.56. The molecule has 0 aliphatic carbocycles. The summed E-state index contributed by atoms with van der Waals surface area (Å²) in [7, 11) is 1.60. The number of thiazole rings is 1. The Hall–Kier alpha value is -2.36. The van der Waals surface area contributed by atoms with Crippen LogP contribution in [0.5, 0.6) is 11.5 Å². The van der Waals surface area contributed by atoms with Gasteiger partial charge in [0.25, 0.3) is 0 Å². The first-order chi connectivity index (χ1) is 12.5. The van der Waals surface area contributed by atoms with E-state index in [1.165, 1.54) is 11.3 Å². The molecule has 0 N–H and O–H groups in total. The van der Waals surface area contributed by atoms with Gasteiger partial charge in [0.2, 0.25) is 0 Å². The van der Waals surface area contributed by atoms with E-state index in [9.17, 15) is 5.26 Å². The van der Waals surface area contributed by atoms with Crippen molar-refractivity contribution >= 4 is 49.1 Å². The minimum absolute atomic E-state index is 0.0269. The van der Waals surface area contributed by atoms with Gasteiger partial charge in [0.15, 0.2) is 11.5 Å². The number of benzene rings is 2. The largest absolute Gasteiger partial charge is 0.493 e. The molecule has 0 spiro atoms. The molecule has 26 heavy (non-hydrogen) atoms. The standard InChI is InChI=1S/C20H17BrN2O2S/c1-12(2)25-19-15(21)9-13(10-17(19)24-3)8-14(11-22)20-23-16-6-4-5-7-18(16)26-20/h4-10,12H,1-3H3/b14-8-. The molecule has 4 nitrogen and oxygen atoms in total. The SMILES string of the molecule is COc1cc(/C=C(/C#N)c2nc3ccccc3s2)cc(Br)c1OC(C)C. The Morgan fingerprint density at radius 3 is 2.73 bits per heavy atom. The number of nitriles is 1. The van der Waals surface area contributed by atoms with Crippen molar-refractivity contribution in [3.05, 3.63) is 51.4 Å². The van der Waals surface area contributed by atoms with Crippen molar-refractivity contribution in [2.24, 2.45) is 0 Å². The molecule has 0 fully saturated rings. The lowest BCUT2D eigenvalue weighted by atomic mass is 10.1. The molecular formula is C20H17BrN2O2S. The van der Waals surface area contributed by atoms with Crippen LogP contribution in [0.15, 0.2) is 40.9 Å². The molecule has 132 valence electrons. The number of allylic oxidation sites excluding steroid dienone is 1. The van der Waals surface area contributed by atoms with Gasteiger partial charge in [-0.2, -0.15) is 5.26 Å². The maximum absolute atomic E-state index is 9.62. The van der Waals surface area contributed by atoms with E-state index in [1.807, 2.05) is 56.3 Å². The van der Waals surface area contributed by atoms with E-state index >= 15 is 0 Å². The van der Waals surface area contributed by atoms with E-state index in [2.05, 4.69) is 27.0 Å². The van der Waals surface area contributed by atoms with Crippen LogP contribution in [-0.2, 0) is 0 Å². The molecule has 0 atom stereocenters. The van der Waals surface area contributed by atoms with Gasteiger partial charge in [-0.15, -0.1) is 11.3 Å². The van der Waals surface area contributed by atoms with Crippen LogP contribution < -0.4 is 9.47 Å². The first-order valence-electron chi connectivity index (χ1n) is 8.03. The summed E-state index contributed by atoms with van der Waals surface area (Å²) in [6, 6.07) is 13.9. The average molecular weight is 429 g/mol. The normalized spacial score (nSPS) is 11.6. The fourth-order valence-corrected chi connectivity index (χ4v) is 3.95. The van der Waals surface area contributed by atoms with Crippen LogP contribution in [0.2, 0.25) is 0 Å². The first-order valence-corrected chi connectivity index (χ1v) is 9.64. The average Bonchev–Trinajstić information content (AvgIpc) is 3.05. The lowest BCUT2D eigenvalue weighted by Gasteiger charge is -2.16. The van der Waals surface area contributed by atoms with Gasteiger partial charge in [0, 0.05) is 0 Å². The topological polar surface area (TPSA) is 55.1 Å². The predicted octanol–water partition coefficient (Wildman–Crippen LogP) is 5.92. The molecule has 0 saturated carbocycles. The van der Waals surface area contributed by atoms with E-state index in [0.29, 0.717) is 22.1 Å². The van der Waals surface area contributed by atoms with Crippen molar-refractivity contribution in [3.63, 3.8) is 0 Å². The summed E-state index contributed by atoms with van der Waals surface area (Å²) in [6.07, 6.45) is 1.84. The quantitative estimate of drug-likeness (QED) is 0.473. The van der Waals surface area contributed by atoms with Gasteiger partial charge in [-0.05, 0) is 65.7 Å². The molecule has 0 radical (unpaired) electrons. The number of fused-ring (bicyclic) bond motifs is 1. The number of nitrogens with zero attached hydrogens (tertiary/aromatic N) is 2. The summed E-state index contributed by atoms with van der Waals surface area (Å²) in [5.41, 5.74) is 2.24. The lowest BCUT2D eigenvalue weighted by molar-refractivity contribution is 0.228. The van der Waals surface area contributed by atoms with Crippen molar-refractivity contribution in [2.45, 2.75) is 20.0 Å². The van der Waals surface area contributed by atoms with Crippen LogP contribution in [0.4, 0.5) is 0 Å². The van der Waals surface area contributed by atoms with E-state index in [4.69, 9.17) is 9.47 Å². The number of hydrogen-bond donors (Lipinski definition) is 0. The molecule has 0 aliphatic heterocycles. The number of rotatable bonds is 5. The Balaban J connectivity index is 2.04. The Labute approximate surface area is 164 Å². The number of aromatic nitrogens is 1. The Morgan fingerprint density at radius 2 is 2.08 bits per heavy atom. The lowest BCUT2D eigenvalue weighted by Crippen LogP contribution is -2.07. The van der Waals surface area contributed by atoms with Crippen molar-refractivity contribution < 1.29 is 9.47 Å². The number of para-hydroxylation sites is 1. The van der Waals surface area contributed by atoms with Crippen molar-refractivity contribution in [1.82, 2.24) is 4.98 Å². The minimum Gasteiger partial charge on any atom is -0.493 e. The monoisotopic (exact) mass is 428 g/mol. The molecule has 0 amide bonds. The molecule has 0 saturated heterocycles. The highest BCUT2D eigenvalue weighted by molar-refractivity contribution is 9.10. The zero-order chi connectivity index (χ0) is 18.7. The van der Waals surface area contributed by atoms with E-state index in [1.54, 1.807) is 7.11 Å². The van der Waals surface area contributed by atoms with Crippen LogP contribution in [0.3, 0.4) is 0 Å². The second-order valence-corrected chi connectivity index (χ2v) is 7.74. The van der Waals surface area contributed by atoms with Crippen molar-refractivity contribution in [1.29, 1.82) is 5.26 Å². The predicted molar refractivity (Wildman–Crippen MR) is 110 cm³/mol. The molecule has 0 unspecified atom stereocenters. The van der Waals surface area contributed by atoms with Crippen LogP contribution in [0, 0.1) is 11.3 Å². The summed E-state index contributed by atoms with van der Waals surface area (Å²) in [5.74, 6) is 1.26. The van der Waals surface area contributed by atoms with Crippen molar-refractivity contribution in [2.75, 3.05) is 7.11 Å². The molecule has 1 heterocycles. The van der Waals surface area contributed by atoms with Crippen LogP contribution in [0.1, 0.15) is 24.4 Å². The highest BCUT2D eigenvalue weighted by atomic mass is 79.9. The highest BCUT2D eigenvalue weighted by Crippen LogP contribution is 2.38. The molecule has 1 aromatic heterocycles.